The van der Waals surface area contributed by atoms with Crippen LogP contribution in [0.15, 0.2) is 33.1 Å². The van der Waals surface area contributed by atoms with Crippen LogP contribution in [-0.4, -0.2) is 35.9 Å². The maximum absolute atomic E-state index is 3.98. The molecule has 6 heteroatoms. The van der Waals surface area contributed by atoms with E-state index in [9.17, 15) is 0 Å². The van der Waals surface area contributed by atoms with Crippen LogP contribution in [0.2, 0.25) is 0 Å². The van der Waals surface area contributed by atoms with Crippen LogP contribution in [0.4, 0.5) is 0 Å². The first-order valence-electron chi connectivity index (χ1n) is 4.33. The minimum absolute atomic E-state index is 0.175. The normalized spacial score (nSPS) is 32.3. The van der Waals surface area contributed by atoms with E-state index in [0.717, 1.165) is 13.2 Å². The molecule has 2 aliphatic heterocycles. The zero-order chi connectivity index (χ0) is 9.31. The van der Waals surface area contributed by atoms with Crippen molar-refractivity contribution in [2.75, 3.05) is 20.3 Å². The van der Waals surface area contributed by atoms with Crippen molar-refractivity contribution in [2.24, 2.45) is 20.7 Å². The van der Waals surface area contributed by atoms with Crippen LogP contribution in [0.3, 0.4) is 0 Å². The summed E-state index contributed by atoms with van der Waals surface area (Å²) in [5.41, 5.74) is 0. The van der Waals surface area contributed by atoms with Gasteiger partial charge in [-0.05, 0) is 17.4 Å². The second-order valence-corrected chi connectivity index (χ2v) is 3.37. The van der Waals surface area contributed by atoms with Crippen molar-refractivity contribution >= 4 is 0 Å². The van der Waals surface area contributed by atoms with Gasteiger partial charge in [0.05, 0.1) is 12.7 Å². The van der Waals surface area contributed by atoms with Gasteiger partial charge >= 0.3 is 6.29 Å². The van der Waals surface area contributed by atoms with Gasteiger partial charge in [-0.25, -0.2) is 4.48 Å². The zero-order valence-corrected chi connectivity index (χ0v) is 7.83. The minimum Gasteiger partial charge on any atom is -0.329 e. The van der Waals surface area contributed by atoms with Gasteiger partial charge in [-0.15, -0.1) is 0 Å². The Balaban J connectivity index is 2.21. The van der Waals surface area contributed by atoms with Crippen LogP contribution in [0, 0.1) is 0 Å². The topological polar surface area (TPSA) is 52.7 Å². The molecule has 1 unspecified atom stereocenters. The number of hydrogen-bond acceptors (Lipinski definition) is 5. The van der Waals surface area contributed by atoms with Gasteiger partial charge in [-0.1, -0.05) is 10.2 Å². The van der Waals surface area contributed by atoms with E-state index in [1.807, 2.05) is 13.2 Å². The second-order valence-electron chi connectivity index (χ2n) is 3.37. The molecule has 0 aromatic heterocycles. The third-order valence-corrected chi connectivity index (χ3v) is 2.50. The fourth-order valence-electron chi connectivity index (χ4n) is 1.64. The Morgan fingerprint density at radius 1 is 1.46 bits per heavy atom. The molecule has 0 radical (unpaired) electrons. The van der Waals surface area contributed by atoms with Crippen molar-refractivity contribution < 1.29 is 4.48 Å². The lowest BCUT2D eigenvalue weighted by Crippen LogP contribution is -2.49. The maximum Gasteiger partial charge on any atom is 0.326 e. The molecule has 1 atom stereocenters. The Labute approximate surface area is 76.8 Å². The van der Waals surface area contributed by atoms with Crippen molar-refractivity contribution in [3.8, 4) is 0 Å². The van der Waals surface area contributed by atoms with E-state index in [4.69, 9.17) is 0 Å². The monoisotopic (exact) mass is 181 g/mol. The summed E-state index contributed by atoms with van der Waals surface area (Å²) in [7, 11) is 2.04. The third kappa shape index (κ3) is 1.23. The van der Waals surface area contributed by atoms with Gasteiger partial charge in [-0.2, -0.15) is 0 Å². The van der Waals surface area contributed by atoms with E-state index >= 15 is 0 Å². The minimum atomic E-state index is -0.175. The maximum atomic E-state index is 3.98. The first kappa shape index (κ1) is 8.31. The molecule has 0 amide bonds. The summed E-state index contributed by atoms with van der Waals surface area (Å²) < 4.78 is 0.698. The lowest BCUT2D eigenvalue weighted by Gasteiger charge is -2.31. The van der Waals surface area contributed by atoms with Crippen molar-refractivity contribution in [3.05, 3.63) is 12.4 Å². The third-order valence-electron chi connectivity index (χ3n) is 2.50. The molecular formula is C7H13N6+. The second kappa shape index (κ2) is 2.88. The molecule has 0 saturated heterocycles. The van der Waals surface area contributed by atoms with E-state index in [1.165, 1.54) is 0 Å². The fraction of sp³-hybridized carbons (Fsp3) is 0.714. The Morgan fingerprint density at radius 3 is 2.62 bits per heavy atom. The quantitative estimate of drug-likeness (QED) is 0.592. The molecule has 0 aromatic rings. The lowest BCUT2D eigenvalue weighted by molar-refractivity contribution is -0.902. The van der Waals surface area contributed by atoms with Gasteiger partial charge in [-0.3, -0.25) is 0 Å². The van der Waals surface area contributed by atoms with Crippen LogP contribution in [0.1, 0.15) is 6.92 Å². The molecule has 13 heavy (non-hydrogen) atoms. The molecule has 6 nitrogen and oxygen atoms in total. The van der Waals surface area contributed by atoms with Gasteiger partial charge in [0.1, 0.15) is 6.20 Å². The zero-order valence-electron chi connectivity index (χ0n) is 7.83. The Kier molecular flexibility index (Phi) is 1.84. The van der Waals surface area contributed by atoms with Gasteiger partial charge in [0.15, 0.2) is 6.67 Å². The van der Waals surface area contributed by atoms with Gasteiger partial charge in [0.25, 0.3) is 0 Å². The first-order chi connectivity index (χ1) is 6.27. The lowest BCUT2D eigenvalue weighted by atomic mass is 10.4. The summed E-state index contributed by atoms with van der Waals surface area (Å²) in [5.74, 6) is 0. The van der Waals surface area contributed by atoms with Crippen LogP contribution >= 0.6 is 0 Å². The molecule has 0 aromatic carbocycles. The van der Waals surface area contributed by atoms with Crippen LogP contribution in [0.25, 0.3) is 0 Å². The van der Waals surface area contributed by atoms with Crippen LogP contribution in [-0.2, 0) is 0 Å². The number of quaternary nitrogens is 1. The van der Waals surface area contributed by atoms with E-state index in [-0.39, 0.29) is 6.29 Å². The molecule has 0 saturated carbocycles. The Morgan fingerprint density at radius 2 is 2.15 bits per heavy atom. The number of nitrogens with zero attached hydrogens (tertiary/aromatic N) is 6. The van der Waals surface area contributed by atoms with E-state index in [0.29, 0.717) is 4.48 Å². The molecule has 0 aliphatic carbocycles. The van der Waals surface area contributed by atoms with Crippen molar-refractivity contribution in [1.82, 2.24) is 4.90 Å². The van der Waals surface area contributed by atoms with Gasteiger partial charge in [0, 0.05) is 7.05 Å². The summed E-state index contributed by atoms with van der Waals surface area (Å²) in [5, 5.41) is 15.0. The average molecular weight is 181 g/mol. The molecule has 70 valence electrons. The predicted molar refractivity (Wildman–Crippen MR) is 46.1 cm³/mol. The van der Waals surface area contributed by atoms with Crippen molar-refractivity contribution in [1.29, 1.82) is 0 Å². The Hall–Kier alpha value is -1.30. The van der Waals surface area contributed by atoms with E-state index in [2.05, 4.69) is 38.7 Å². The Bertz CT molecular complexity index is 271. The van der Waals surface area contributed by atoms with E-state index < -0.39 is 0 Å². The molecule has 0 fully saturated rings. The number of rotatable bonds is 2. The summed E-state index contributed by atoms with van der Waals surface area (Å²) in [6, 6.07) is 0. The molecule has 2 rings (SSSR count). The van der Waals surface area contributed by atoms with E-state index in [1.54, 1.807) is 0 Å². The highest BCUT2D eigenvalue weighted by molar-refractivity contribution is 4.81. The summed E-state index contributed by atoms with van der Waals surface area (Å²) in [6.07, 6.45) is 3.98. The van der Waals surface area contributed by atoms with Crippen LogP contribution in [0.5, 0.6) is 0 Å². The molecule has 0 N–H and O–H groups in total. The first-order valence-corrected chi connectivity index (χ1v) is 4.33. The molecule has 0 spiro atoms. The molecular weight excluding hydrogens is 168 g/mol. The predicted octanol–water partition coefficient (Wildman–Crippen LogP) is 1.31. The SMILES string of the molecule is CC[N+]1(C2N=NN=N2)C=CN(C)C1. The molecule has 2 aliphatic rings. The summed E-state index contributed by atoms with van der Waals surface area (Å²) >= 11 is 0. The van der Waals surface area contributed by atoms with Gasteiger partial charge < -0.3 is 4.90 Å². The van der Waals surface area contributed by atoms with Gasteiger partial charge in [0.2, 0.25) is 0 Å². The molecule has 0 bridgehead atoms. The smallest absolute Gasteiger partial charge is 0.326 e. The van der Waals surface area contributed by atoms with Crippen LogP contribution < -0.4 is 0 Å². The standard InChI is InChI=1S/C7H13N6/c1-3-13(5-4-12(2)6-13)7-8-10-11-9-7/h4-5,7H,3,6H2,1-2H3/q+1. The summed E-state index contributed by atoms with van der Waals surface area (Å²) in [4.78, 5) is 2.12. The molecule has 2 heterocycles. The summed E-state index contributed by atoms with van der Waals surface area (Å²) in [6.45, 7) is 3.95. The fourth-order valence-corrected chi connectivity index (χ4v) is 1.64. The van der Waals surface area contributed by atoms with Crippen molar-refractivity contribution in [3.63, 3.8) is 0 Å². The highest BCUT2D eigenvalue weighted by Gasteiger charge is 2.39. The highest BCUT2D eigenvalue weighted by atomic mass is 15.7. The highest BCUT2D eigenvalue weighted by Crippen LogP contribution is 2.25. The largest absolute Gasteiger partial charge is 0.329 e. The average Bonchev–Trinajstić information content (AvgIpc) is 2.73. The van der Waals surface area contributed by atoms with Crippen molar-refractivity contribution in [2.45, 2.75) is 13.2 Å². The number of hydrogen-bond donors (Lipinski definition) is 0.